The highest BCUT2D eigenvalue weighted by atomic mass is 16.5. The smallest absolute Gasteiger partial charge is 0.0989 e. The number of ether oxygens (including phenoxy) is 1. The molecule has 0 spiro atoms. The molecule has 1 nitrogen and oxygen atoms in total. The lowest BCUT2D eigenvalue weighted by molar-refractivity contribution is 0.261. The Bertz CT molecular complexity index is 134. The minimum absolute atomic E-state index is 0.378. The lowest BCUT2D eigenvalue weighted by Gasteiger charge is -2.11. The molecule has 0 saturated heterocycles. The highest BCUT2D eigenvalue weighted by Crippen LogP contribution is 2.13. The highest BCUT2D eigenvalue weighted by Gasteiger charge is 2.01. The van der Waals surface area contributed by atoms with Crippen LogP contribution in [-0.2, 0) is 4.74 Å². The van der Waals surface area contributed by atoms with E-state index in [2.05, 4.69) is 13.2 Å². The van der Waals surface area contributed by atoms with Gasteiger partial charge in [0.15, 0.2) is 0 Å². The van der Waals surface area contributed by atoms with Crippen molar-refractivity contribution < 1.29 is 4.74 Å². The van der Waals surface area contributed by atoms with Crippen molar-refractivity contribution in [2.45, 2.75) is 27.2 Å². The highest BCUT2D eigenvalue weighted by molar-refractivity contribution is 4.94. The van der Waals surface area contributed by atoms with Gasteiger partial charge in [-0.25, -0.2) is 0 Å². The Balaban J connectivity index is 3.69. The van der Waals surface area contributed by atoms with Crippen LogP contribution in [0.15, 0.2) is 24.7 Å². The van der Waals surface area contributed by atoms with E-state index >= 15 is 0 Å². The molecule has 10 heavy (non-hydrogen) atoms. The maximum Gasteiger partial charge on any atom is 0.0989 e. The van der Waals surface area contributed by atoms with Gasteiger partial charge in [-0.05, 0) is 0 Å². The van der Waals surface area contributed by atoms with Gasteiger partial charge in [-0.3, -0.25) is 0 Å². The summed E-state index contributed by atoms with van der Waals surface area (Å²) in [6.07, 6.45) is 0.853. The molecule has 0 aliphatic rings. The van der Waals surface area contributed by atoms with E-state index in [1.807, 2.05) is 20.8 Å². The molecule has 0 saturated carbocycles. The second kappa shape index (κ2) is 4.15. The number of allylic oxidation sites excluding steroid dienone is 2. The van der Waals surface area contributed by atoms with E-state index in [0.717, 1.165) is 17.9 Å². The fourth-order valence-corrected chi connectivity index (χ4v) is 0.375. The van der Waals surface area contributed by atoms with Gasteiger partial charge in [0, 0.05) is 12.3 Å². The van der Waals surface area contributed by atoms with Gasteiger partial charge in [0.2, 0.25) is 0 Å². The second-order valence-electron chi connectivity index (χ2n) is 2.62. The molecule has 0 rings (SSSR count). The van der Waals surface area contributed by atoms with Crippen LogP contribution in [0.5, 0.6) is 0 Å². The summed E-state index contributed by atoms with van der Waals surface area (Å²) in [5, 5.41) is 0. The minimum Gasteiger partial charge on any atom is -0.467 e. The Morgan fingerprint density at radius 2 is 1.90 bits per heavy atom. The third-order valence-corrected chi connectivity index (χ3v) is 1.31. The van der Waals surface area contributed by atoms with Crippen LogP contribution in [0.1, 0.15) is 27.2 Å². The van der Waals surface area contributed by atoms with Crippen LogP contribution < -0.4 is 0 Å². The van der Waals surface area contributed by atoms with Gasteiger partial charge in [-0.2, -0.15) is 0 Å². The van der Waals surface area contributed by atoms with E-state index in [1.54, 1.807) is 0 Å². The van der Waals surface area contributed by atoms with Crippen LogP contribution in [0.3, 0.4) is 0 Å². The fraction of sp³-hybridized carbons (Fsp3) is 0.556. The summed E-state index contributed by atoms with van der Waals surface area (Å²) >= 11 is 0. The van der Waals surface area contributed by atoms with E-state index in [9.17, 15) is 0 Å². The predicted molar refractivity (Wildman–Crippen MR) is 44.5 cm³/mol. The molecule has 0 aliphatic heterocycles. The van der Waals surface area contributed by atoms with E-state index in [4.69, 9.17) is 4.74 Å². The van der Waals surface area contributed by atoms with Crippen molar-refractivity contribution in [1.29, 1.82) is 0 Å². The SMILES string of the molecule is C=C(CC)OC(=C)C(C)C. The third kappa shape index (κ3) is 3.33. The fourth-order valence-electron chi connectivity index (χ4n) is 0.375. The number of rotatable bonds is 4. The first-order chi connectivity index (χ1) is 4.57. The molecule has 58 valence electrons. The van der Waals surface area contributed by atoms with Gasteiger partial charge in [0.1, 0.15) is 0 Å². The molecule has 0 aromatic carbocycles. The molecule has 0 N–H and O–H groups in total. The average molecular weight is 140 g/mol. The summed E-state index contributed by atoms with van der Waals surface area (Å²) in [6.45, 7) is 13.6. The maximum atomic E-state index is 5.27. The average Bonchev–Trinajstić information content (AvgIpc) is 1.87. The summed E-state index contributed by atoms with van der Waals surface area (Å²) < 4.78 is 5.27. The predicted octanol–water partition coefficient (Wildman–Crippen LogP) is 3.10. The molecular formula is C9H16O. The van der Waals surface area contributed by atoms with Gasteiger partial charge in [0.05, 0.1) is 11.5 Å². The van der Waals surface area contributed by atoms with Gasteiger partial charge in [-0.1, -0.05) is 33.9 Å². The zero-order valence-corrected chi connectivity index (χ0v) is 7.11. The van der Waals surface area contributed by atoms with Crippen LogP contribution >= 0.6 is 0 Å². The Morgan fingerprint density at radius 3 is 2.20 bits per heavy atom. The topological polar surface area (TPSA) is 9.23 Å². The molecule has 0 radical (unpaired) electrons. The maximum absolute atomic E-state index is 5.27. The van der Waals surface area contributed by atoms with E-state index < -0.39 is 0 Å². The molecule has 0 bridgehead atoms. The summed E-state index contributed by atoms with van der Waals surface area (Å²) in [7, 11) is 0. The quantitative estimate of drug-likeness (QED) is 0.545. The van der Waals surface area contributed by atoms with Crippen LogP contribution in [-0.4, -0.2) is 0 Å². The molecule has 0 heterocycles. The minimum atomic E-state index is 0.378. The van der Waals surface area contributed by atoms with Gasteiger partial charge in [-0.15, -0.1) is 0 Å². The first kappa shape index (κ1) is 9.28. The van der Waals surface area contributed by atoms with Gasteiger partial charge < -0.3 is 4.74 Å². The zero-order valence-electron chi connectivity index (χ0n) is 7.11. The van der Waals surface area contributed by atoms with Crippen LogP contribution in [0.25, 0.3) is 0 Å². The zero-order chi connectivity index (χ0) is 8.15. The number of hydrogen-bond acceptors (Lipinski definition) is 1. The Morgan fingerprint density at radius 1 is 1.40 bits per heavy atom. The first-order valence-corrected chi connectivity index (χ1v) is 3.62. The Labute approximate surface area is 63.4 Å². The molecule has 0 fully saturated rings. The van der Waals surface area contributed by atoms with Crippen molar-refractivity contribution in [1.82, 2.24) is 0 Å². The molecule has 1 heteroatoms. The van der Waals surface area contributed by atoms with E-state index in [0.29, 0.717) is 5.92 Å². The molecule has 0 atom stereocenters. The molecular weight excluding hydrogens is 124 g/mol. The molecule has 0 aromatic heterocycles. The van der Waals surface area contributed by atoms with E-state index in [-0.39, 0.29) is 0 Å². The second-order valence-corrected chi connectivity index (χ2v) is 2.62. The van der Waals surface area contributed by atoms with Crippen molar-refractivity contribution in [3.63, 3.8) is 0 Å². The Hall–Kier alpha value is -0.720. The van der Waals surface area contributed by atoms with Gasteiger partial charge >= 0.3 is 0 Å². The lowest BCUT2D eigenvalue weighted by Crippen LogP contribution is -1.96. The molecule has 0 aromatic rings. The summed E-state index contributed by atoms with van der Waals surface area (Å²) in [5.41, 5.74) is 0. The largest absolute Gasteiger partial charge is 0.467 e. The molecule has 0 amide bonds. The summed E-state index contributed by atoms with van der Waals surface area (Å²) in [6, 6.07) is 0. The first-order valence-electron chi connectivity index (χ1n) is 3.62. The van der Waals surface area contributed by atoms with E-state index in [1.165, 1.54) is 0 Å². The van der Waals surface area contributed by atoms with Crippen LogP contribution in [0, 0.1) is 5.92 Å². The standard InChI is InChI=1S/C9H16O/c1-6-8(4)10-9(5)7(2)3/h7H,4-6H2,1-3H3. The van der Waals surface area contributed by atoms with Crippen molar-refractivity contribution >= 4 is 0 Å². The van der Waals surface area contributed by atoms with Crippen LogP contribution in [0.4, 0.5) is 0 Å². The van der Waals surface area contributed by atoms with Gasteiger partial charge in [0.25, 0.3) is 0 Å². The Kier molecular flexibility index (Phi) is 3.85. The van der Waals surface area contributed by atoms with Crippen LogP contribution in [0.2, 0.25) is 0 Å². The summed E-state index contributed by atoms with van der Waals surface area (Å²) in [5.74, 6) is 1.97. The molecule has 0 aliphatic carbocycles. The van der Waals surface area contributed by atoms with Crippen molar-refractivity contribution in [2.75, 3.05) is 0 Å². The molecule has 0 unspecified atom stereocenters. The third-order valence-electron chi connectivity index (χ3n) is 1.31. The summed E-state index contributed by atoms with van der Waals surface area (Å²) in [4.78, 5) is 0. The lowest BCUT2D eigenvalue weighted by atomic mass is 10.2. The number of hydrogen-bond donors (Lipinski definition) is 0. The van der Waals surface area contributed by atoms with Crippen molar-refractivity contribution in [3.8, 4) is 0 Å². The van der Waals surface area contributed by atoms with Crippen molar-refractivity contribution in [2.24, 2.45) is 5.92 Å². The van der Waals surface area contributed by atoms with Crippen molar-refractivity contribution in [3.05, 3.63) is 24.7 Å². The monoisotopic (exact) mass is 140 g/mol. The normalized spacial score (nSPS) is 9.60.